The maximum atomic E-state index is 12.3. The highest BCUT2D eigenvalue weighted by molar-refractivity contribution is 5.94. The zero-order valence-electron chi connectivity index (χ0n) is 11.6. The monoisotopic (exact) mass is 262 g/mol. The van der Waals surface area contributed by atoms with Gasteiger partial charge in [0.15, 0.2) is 0 Å². The van der Waals surface area contributed by atoms with E-state index in [-0.39, 0.29) is 11.8 Å². The molecule has 0 saturated carbocycles. The lowest BCUT2D eigenvalue weighted by atomic mass is 9.91. The summed E-state index contributed by atoms with van der Waals surface area (Å²) < 4.78 is 5.52. The number of rotatable bonds is 4. The van der Waals surface area contributed by atoms with Gasteiger partial charge in [0, 0.05) is 6.54 Å². The fraction of sp³-hybridized carbons (Fsp3) is 0.533. The zero-order valence-corrected chi connectivity index (χ0v) is 11.6. The molecule has 0 bridgehead atoms. The van der Waals surface area contributed by atoms with Crippen molar-refractivity contribution in [2.45, 2.75) is 20.3 Å². The van der Waals surface area contributed by atoms with E-state index < -0.39 is 0 Å². The van der Waals surface area contributed by atoms with Crippen molar-refractivity contribution in [3.8, 4) is 5.75 Å². The molecule has 4 heteroatoms. The van der Waals surface area contributed by atoms with Crippen molar-refractivity contribution in [2.24, 2.45) is 11.8 Å². The summed E-state index contributed by atoms with van der Waals surface area (Å²) in [5.74, 6) is 1.39. The maximum Gasteiger partial charge on any atom is 0.228 e. The normalized spacial score (nSPS) is 22.8. The van der Waals surface area contributed by atoms with Crippen LogP contribution in [0.1, 0.15) is 20.3 Å². The van der Waals surface area contributed by atoms with E-state index in [2.05, 4.69) is 17.6 Å². The predicted molar refractivity (Wildman–Crippen MR) is 76.4 cm³/mol. The summed E-state index contributed by atoms with van der Waals surface area (Å²) in [6.45, 7) is 6.45. The molecule has 2 atom stereocenters. The molecule has 0 spiro atoms. The first-order valence-corrected chi connectivity index (χ1v) is 6.94. The minimum Gasteiger partial charge on any atom is -0.492 e. The summed E-state index contributed by atoms with van der Waals surface area (Å²) in [6.07, 6.45) is 0.940. The number of ether oxygens (including phenoxy) is 1. The number of carbonyl (C=O) groups excluding carboxylic acids is 1. The van der Waals surface area contributed by atoms with Gasteiger partial charge in [-0.05, 0) is 37.9 Å². The van der Waals surface area contributed by atoms with E-state index in [9.17, 15) is 4.79 Å². The second kappa shape index (κ2) is 6.57. The van der Waals surface area contributed by atoms with Crippen molar-refractivity contribution in [3.05, 3.63) is 24.3 Å². The molecule has 1 aliphatic heterocycles. The lowest BCUT2D eigenvalue weighted by molar-refractivity contribution is -0.120. The summed E-state index contributed by atoms with van der Waals surface area (Å²) in [6, 6.07) is 7.56. The van der Waals surface area contributed by atoms with Crippen LogP contribution in [0.25, 0.3) is 0 Å². The molecule has 1 aliphatic rings. The number of carbonyl (C=O) groups is 1. The highest BCUT2D eigenvalue weighted by Gasteiger charge is 2.25. The van der Waals surface area contributed by atoms with E-state index in [1.54, 1.807) is 0 Å². The summed E-state index contributed by atoms with van der Waals surface area (Å²) >= 11 is 0. The van der Waals surface area contributed by atoms with Crippen LogP contribution >= 0.6 is 0 Å². The van der Waals surface area contributed by atoms with Crippen LogP contribution in [0.4, 0.5) is 5.69 Å². The molecule has 2 unspecified atom stereocenters. The molecule has 104 valence electrons. The Kier molecular flexibility index (Phi) is 4.80. The highest BCUT2D eigenvalue weighted by Crippen LogP contribution is 2.25. The second-order valence-corrected chi connectivity index (χ2v) is 5.11. The summed E-state index contributed by atoms with van der Waals surface area (Å²) in [7, 11) is 0. The van der Waals surface area contributed by atoms with Crippen LogP contribution < -0.4 is 15.4 Å². The van der Waals surface area contributed by atoms with Gasteiger partial charge in [0.25, 0.3) is 0 Å². The molecule has 0 radical (unpaired) electrons. The summed E-state index contributed by atoms with van der Waals surface area (Å²) in [4.78, 5) is 12.3. The Hall–Kier alpha value is -1.55. The van der Waals surface area contributed by atoms with Crippen LogP contribution in [0.3, 0.4) is 0 Å². The minimum atomic E-state index is 0.0402. The van der Waals surface area contributed by atoms with E-state index in [1.807, 2.05) is 31.2 Å². The molecule has 1 aromatic carbocycles. The third-order valence-corrected chi connectivity index (χ3v) is 3.39. The van der Waals surface area contributed by atoms with Crippen LogP contribution in [0.2, 0.25) is 0 Å². The number of nitrogens with one attached hydrogen (secondary N) is 2. The lowest BCUT2D eigenvalue weighted by Gasteiger charge is -2.27. The number of benzene rings is 1. The number of para-hydroxylation sites is 2. The second-order valence-electron chi connectivity index (χ2n) is 5.11. The average Bonchev–Trinajstić information content (AvgIpc) is 2.41. The van der Waals surface area contributed by atoms with Crippen LogP contribution in [0, 0.1) is 11.8 Å². The van der Waals surface area contributed by atoms with Gasteiger partial charge < -0.3 is 15.4 Å². The molecular weight excluding hydrogens is 240 g/mol. The van der Waals surface area contributed by atoms with Gasteiger partial charge in [-0.2, -0.15) is 0 Å². The Balaban J connectivity index is 2.02. The number of hydrogen-bond acceptors (Lipinski definition) is 3. The number of anilines is 1. The maximum absolute atomic E-state index is 12.3. The van der Waals surface area contributed by atoms with Gasteiger partial charge in [0.05, 0.1) is 18.2 Å². The van der Waals surface area contributed by atoms with Crippen LogP contribution in [-0.4, -0.2) is 25.6 Å². The van der Waals surface area contributed by atoms with Crippen molar-refractivity contribution in [2.75, 3.05) is 25.0 Å². The van der Waals surface area contributed by atoms with Gasteiger partial charge in [-0.1, -0.05) is 19.1 Å². The van der Waals surface area contributed by atoms with Gasteiger partial charge in [0.1, 0.15) is 5.75 Å². The Morgan fingerprint density at radius 1 is 1.42 bits per heavy atom. The summed E-state index contributed by atoms with van der Waals surface area (Å²) in [5, 5.41) is 6.28. The molecule has 2 rings (SSSR count). The molecule has 0 aliphatic carbocycles. The molecule has 2 N–H and O–H groups in total. The van der Waals surface area contributed by atoms with E-state index in [0.29, 0.717) is 12.5 Å². The molecule has 19 heavy (non-hydrogen) atoms. The largest absolute Gasteiger partial charge is 0.492 e. The average molecular weight is 262 g/mol. The van der Waals surface area contributed by atoms with Gasteiger partial charge in [-0.15, -0.1) is 0 Å². The molecular formula is C15H22N2O2. The van der Waals surface area contributed by atoms with Gasteiger partial charge in [-0.25, -0.2) is 0 Å². The Morgan fingerprint density at radius 3 is 2.95 bits per heavy atom. The third-order valence-electron chi connectivity index (χ3n) is 3.39. The Morgan fingerprint density at radius 2 is 2.21 bits per heavy atom. The first-order chi connectivity index (χ1) is 9.20. The smallest absolute Gasteiger partial charge is 0.228 e. The fourth-order valence-electron chi connectivity index (χ4n) is 2.44. The zero-order chi connectivity index (χ0) is 13.7. The van der Waals surface area contributed by atoms with Gasteiger partial charge in [0.2, 0.25) is 5.91 Å². The molecule has 1 amide bonds. The molecule has 0 aromatic heterocycles. The van der Waals surface area contributed by atoms with Crippen molar-refractivity contribution in [1.29, 1.82) is 0 Å². The van der Waals surface area contributed by atoms with Crippen LogP contribution in [0.15, 0.2) is 24.3 Å². The molecule has 1 heterocycles. The molecule has 1 fully saturated rings. The number of piperidine rings is 1. The van der Waals surface area contributed by atoms with Crippen molar-refractivity contribution in [1.82, 2.24) is 5.32 Å². The fourth-order valence-corrected chi connectivity index (χ4v) is 2.44. The standard InChI is InChI=1S/C15H22N2O2/c1-3-19-14-7-5-4-6-13(14)17-15(18)12-8-11(2)9-16-10-12/h4-7,11-12,16H,3,8-10H2,1-2H3,(H,17,18). The lowest BCUT2D eigenvalue weighted by Crippen LogP contribution is -2.40. The molecule has 1 aromatic rings. The Labute approximate surface area is 114 Å². The quantitative estimate of drug-likeness (QED) is 0.875. The number of amides is 1. The number of hydrogen-bond donors (Lipinski definition) is 2. The van der Waals surface area contributed by atoms with Crippen LogP contribution in [-0.2, 0) is 4.79 Å². The van der Waals surface area contributed by atoms with E-state index in [0.717, 1.165) is 30.9 Å². The van der Waals surface area contributed by atoms with Crippen molar-refractivity contribution < 1.29 is 9.53 Å². The van der Waals surface area contributed by atoms with Gasteiger partial charge >= 0.3 is 0 Å². The van der Waals surface area contributed by atoms with Gasteiger partial charge in [-0.3, -0.25) is 4.79 Å². The van der Waals surface area contributed by atoms with E-state index in [4.69, 9.17) is 4.74 Å². The van der Waals surface area contributed by atoms with E-state index in [1.165, 1.54) is 0 Å². The SMILES string of the molecule is CCOc1ccccc1NC(=O)C1CNCC(C)C1. The van der Waals surface area contributed by atoms with Crippen molar-refractivity contribution >= 4 is 11.6 Å². The Bertz CT molecular complexity index is 434. The predicted octanol–water partition coefficient (Wildman–Crippen LogP) is 2.27. The molecule has 1 saturated heterocycles. The minimum absolute atomic E-state index is 0.0402. The van der Waals surface area contributed by atoms with Crippen LogP contribution in [0.5, 0.6) is 5.75 Å². The first-order valence-electron chi connectivity index (χ1n) is 6.94. The highest BCUT2D eigenvalue weighted by atomic mass is 16.5. The summed E-state index contributed by atoms with van der Waals surface area (Å²) in [5.41, 5.74) is 0.757. The molecule has 4 nitrogen and oxygen atoms in total. The first kappa shape index (κ1) is 13.9. The topological polar surface area (TPSA) is 50.4 Å². The van der Waals surface area contributed by atoms with Crippen molar-refractivity contribution in [3.63, 3.8) is 0 Å². The van der Waals surface area contributed by atoms with E-state index >= 15 is 0 Å². The third kappa shape index (κ3) is 3.70.